The molecule has 0 spiro atoms. The van der Waals surface area contributed by atoms with Crippen molar-refractivity contribution < 1.29 is 23.8 Å². The molecule has 6 rings (SSSR count). The molecule has 0 unspecified atom stereocenters. The van der Waals surface area contributed by atoms with E-state index in [1.807, 2.05) is 56.3 Å². The number of ether oxygens (including phenoxy) is 3. The lowest BCUT2D eigenvalue weighted by Crippen LogP contribution is -2.32. The molecule has 42 heavy (non-hydrogen) atoms. The van der Waals surface area contributed by atoms with Crippen molar-refractivity contribution in [2.45, 2.75) is 38.6 Å². The van der Waals surface area contributed by atoms with Gasteiger partial charge in [0.25, 0.3) is 0 Å². The highest BCUT2D eigenvalue weighted by molar-refractivity contribution is 5.90. The van der Waals surface area contributed by atoms with E-state index in [9.17, 15) is 9.59 Å². The van der Waals surface area contributed by atoms with Crippen LogP contribution < -0.4 is 0 Å². The van der Waals surface area contributed by atoms with Gasteiger partial charge >= 0.3 is 11.9 Å². The van der Waals surface area contributed by atoms with Crippen LogP contribution in [0.4, 0.5) is 0 Å². The predicted molar refractivity (Wildman–Crippen MR) is 163 cm³/mol. The van der Waals surface area contributed by atoms with Crippen molar-refractivity contribution in [2.24, 2.45) is 0 Å². The van der Waals surface area contributed by atoms with E-state index in [0.717, 1.165) is 38.6 Å². The normalized spacial score (nSPS) is 18.1. The summed E-state index contributed by atoms with van der Waals surface area (Å²) in [7, 11) is 0. The van der Waals surface area contributed by atoms with Crippen LogP contribution in [0.3, 0.4) is 0 Å². The topological polar surface area (TPSA) is 61.8 Å². The Bertz CT molecular complexity index is 1710. The van der Waals surface area contributed by atoms with E-state index in [1.165, 1.54) is 0 Å². The molecule has 3 atom stereocenters. The molecule has 1 fully saturated rings. The van der Waals surface area contributed by atoms with Crippen LogP contribution in [0.25, 0.3) is 21.9 Å². The number of hydrogen-bond acceptors (Lipinski definition) is 5. The van der Waals surface area contributed by atoms with Crippen molar-refractivity contribution in [2.75, 3.05) is 6.61 Å². The molecule has 0 aromatic heterocycles. The van der Waals surface area contributed by atoms with Crippen molar-refractivity contribution >= 4 is 22.7 Å². The van der Waals surface area contributed by atoms with Crippen molar-refractivity contribution in [3.8, 4) is 11.1 Å². The van der Waals surface area contributed by atoms with Gasteiger partial charge in [0.15, 0.2) is 0 Å². The minimum absolute atomic E-state index is 0.0270. The molecular formula is C37H32O5. The van der Waals surface area contributed by atoms with Gasteiger partial charge in [-0.3, -0.25) is 0 Å². The first-order valence-electron chi connectivity index (χ1n) is 14.2. The highest BCUT2D eigenvalue weighted by Gasteiger charge is 2.40. The number of carbonyl (C=O) groups excluding carboxylic acids is 2. The van der Waals surface area contributed by atoms with Gasteiger partial charge in [0.05, 0.1) is 17.2 Å². The number of aryl methyl sites for hydroxylation is 2. The number of hydrogen-bond donors (Lipinski definition) is 0. The fourth-order valence-electron chi connectivity index (χ4n) is 5.30. The van der Waals surface area contributed by atoms with Gasteiger partial charge in [0.2, 0.25) is 0 Å². The van der Waals surface area contributed by atoms with Crippen LogP contribution in [-0.2, 0) is 14.2 Å². The summed E-state index contributed by atoms with van der Waals surface area (Å²) in [4.78, 5) is 25.8. The fraction of sp³-hybridized carbons (Fsp3) is 0.189. The van der Waals surface area contributed by atoms with Crippen molar-refractivity contribution in [3.05, 3.63) is 143 Å². The quantitative estimate of drug-likeness (QED) is 0.190. The average Bonchev–Trinajstić information content (AvgIpc) is 3.42. The number of benzene rings is 5. The summed E-state index contributed by atoms with van der Waals surface area (Å²) in [6.45, 7) is 3.90. The molecule has 5 aromatic rings. The van der Waals surface area contributed by atoms with Crippen LogP contribution >= 0.6 is 0 Å². The van der Waals surface area contributed by atoms with E-state index in [1.54, 1.807) is 24.3 Å². The number of esters is 2. The summed E-state index contributed by atoms with van der Waals surface area (Å²) in [6, 6.07) is 37.5. The average molecular weight is 557 g/mol. The molecule has 0 N–H and O–H groups in total. The Morgan fingerprint density at radius 2 is 1.33 bits per heavy atom. The summed E-state index contributed by atoms with van der Waals surface area (Å²) in [6.07, 6.45) is -1.06. The van der Waals surface area contributed by atoms with E-state index in [0.29, 0.717) is 17.5 Å². The molecule has 1 saturated heterocycles. The molecule has 0 bridgehead atoms. The molecule has 5 aromatic carbocycles. The SMILES string of the molecule is Cc1ccc(C(=O)OC[C@H]2O[C@H](c3ccc4ccc(-c5ccccc5)cc4c3)C[C@@H]2OC(=O)c2ccc(C)cc2)cc1. The highest BCUT2D eigenvalue weighted by atomic mass is 16.6. The Kier molecular flexibility index (Phi) is 7.85. The van der Waals surface area contributed by atoms with Gasteiger partial charge in [0, 0.05) is 6.42 Å². The predicted octanol–water partition coefficient (Wildman–Crippen LogP) is 8.04. The molecule has 0 amide bonds. The van der Waals surface area contributed by atoms with E-state index >= 15 is 0 Å². The first-order chi connectivity index (χ1) is 20.4. The lowest BCUT2D eigenvalue weighted by Gasteiger charge is -2.19. The maximum Gasteiger partial charge on any atom is 0.338 e. The van der Waals surface area contributed by atoms with Crippen molar-refractivity contribution in [1.29, 1.82) is 0 Å². The second-order valence-electron chi connectivity index (χ2n) is 10.9. The summed E-state index contributed by atoms with van der Waals surface area (Å²) in [5.74, 6) is -0.866. The molecule has 210 valence electrons. The monoisotopic (exact) mass is 556 g/mol. The van der Waals surface area contributed by atoms with Crippen LogP contribution in [0, 0.1) is 13.8 Å². The number of fused-ring (bicyclic) bond motifs is 1. The van der Waals surface area contributed by atoms with Gasteiger partial charge in [-0.15, -0.1) is 0 Å². The molecule has 1 heterocycles. The lowest BCUT2D eigenvalue weighted by molar-refractivity contribution is -0.0427. The molecule has 5 heteroatoms. The lowest BCUT2D eigenvalue weighted by atomic mass is 9.97. The third-order valence-corrected chi connectivity index (χ3v) is 7.75. The Morgan fingerprint density at radius 3 is 2.02 bits per heavy atom. The highest BCUT2D eigenvalue weighted by Crippen LogP contribution is 2.37. The molecule has 0 aliphatic carbocycles. The summed E-state index contributed by atoms with van der Waals surface area (Å²) < 4.78 is 18.0. The second-order valence-corrected chi connectivity index (χ2v) is 10.9. The van der Waals surface area contributed by atoms with E-state index < -0.39 is 24.1 Å². The van der Waals surface area contributed by atoms with Gasteiger partial charge < -0.3 is 14.2 Å². The minimum Gasteiger partial charge on any atom is -0.459 e. The molecule has 0 saturated carbocycles. The minimum atomic E-state index is -0.606. The van der Waals surface area contributed by atoms with Gasteiger partial charge in [-0.25, -0.2) is 9.59 Å². The van der Waals surface area contributed by atoms with Crippen LogP contribution in [-0.4, -0.2) is 30.8 Å². The molecule has 1 aliphatic rings. The Balaban J connectivity index is 1.23. The Hall–Kier alpha value is -4.74. The third kappa shape index (κ3) is 6.12. The molecular weight excluding hydrogens is 524 g/mol. The van der Waals surface area contributed by atoms with Gasteiger partial charge in [0.1, 0.15) is 18.8 Å². The van der Waals surface area contributed by atoms with Crippen LogP contribution in [0.15, 0.2) is 115 Å². The van der Waals surface area contributed by atoms with Gasteiger partial charge in [-0.1, -0.05) is 90.0 Å². The first kappa shape index (κ1) is 27.4. The second kappa shape index (κ2) is 12.0. The maximum absolute atomic E-state index is 13.1. The largest absolute Gasteiger partial charge is 0.459 e. The fourth-order valence-corrected chi connectivity index (χ4v) is 5.30. The molecule has 5 nitrogen and oxygen atoms in total. The van der Waals surface area contributed by atoms with Gasteiger partial charge in [-0.2, -0.15) is 0 Å². The summed E-state index contributed by atoms with van der Waals surface area (Å²) >= 11 is 0. The maximum atomic E-state index is 13.1. The Morgan fingerprint density at radius 1 is 0.690 bits per heavy atom. The zero-order chi connectivity index (χ0) is 29.1. The van der Waals surface area contributed by atoms with Crippen molar-refractivity contribution in [1.82, 2.24) is 0 Å². The Labute approximate surface area is 245 Å². The summed E-state index contributed by atoms with van der Waals surface area (Å²) in [5.41, 5.74) is 6.33. The van der Waals surface area contributed by atoms with Crippen LogP contribution in [0.1, 0.15) is 49.9 Å². The van der Waals surface area contributed by atoms with E-state index in [-0.39, 0.29) is 12.7 Å². The van der Waals surface area contributed by atoms with Crippen LogP contribution in [0.5, 0.6) is 0 Å². The van der Waals surface area contributed by atoms with E-state index in [2.05, 4.69) is 48.5 Å². The summed E-state index contributed by atoms with van der Waals surface area (Å²) in [5, 5.41) is 2.22. The van der Waals surface area contributed by atoms with Crippen molar-refractivity contribution in [3.63, 3.8) is 0 Å². The van der Waals surface area contributed by atoms with Crippen LogP contribution in [0.2, 0.25) is 0 Å². The molecule has 1 aliphatic heterocycles. The third-order valence-electron chi connectivity index (χ3n) is 7.75. The number of rotatable bonds is 7. The zero-order valence-electron chi connectivity index (χ0n) is 23.7. The molecule has 0 radical (unpaired) electrons. The van der Waals surface area contributed by atoms with Gasteiger partial charge in [-0.05, 0) is 77.7 Å². The standard InChI is InChI=1S/C37H32O5/c1-24-8-12-28(13-9-24)36(38)40-23-35-34(42-37(39)29-14-10-25(2)11-15-29)22-33(41-35)31-19-17-27-16-18-30(20-32(27)21-31)26-6-4-3-5-7-26/h3-21,33-35H,22-23H2,1-2H3/t33-,34-,35+/m0/s1. The first-order valence-corrected chi connectivity index (χ1v) is 14.2. The number of carbonyl (C=O) groups is 2. The zero-order valence-corrected chi connectivity index (χ0v) is 23.7. The smallest absolute Gasteiger partial charge is 0.338 e. The van der Waals surface area contributed by atoms with E-state index in [4.69, 9.17) is 14.2 Å².